The lowest BCUT2D eigenvalue weighted by atomic mass is 10.1. The smallest absolute Gasteiger partial charge is 0.573 e. The Bertz CT molecular complexity index is 909. The number of hydrogen-bond acceptors (Lipinski definition) is 4. The molecule has 0 bridgehead atoms. The van der Waals surface area contributed by atoms with Crippen LogP contribution in [0.2, 0.25) is 0 Å². The molecule has 0 radical (unpaired) electrons. The summed E-state index contributed by atoms with van der Waals surface area (Å²) in [5.74, 6) is 3.36. The Balaban J connectivity index is 1.05. The molecule has 0 aromatic heterocycles. The third-order valence-corrected chi connectivity index (χ3v) is 6.06. The fourth-order valence-electron chi connectivity index (χ4n) is 4.62. The predicted octanol–water partition coefficient (Wildman–Crippen LogP) is 4.57. The lowest BCUT2D eigenvalue weighted by Crippen LogP contribution is -2.24. The van der Waals surface area contributed by atoms with Crippen molar-refractivity contribution in [3.8, 4) is 17.2 Å². The van der Waals surface area contributed by atoms with E-state index in [-0.39, 0.29) is 12.5 Å². The van der Waals surface area contributed by atoms with Crippen LogP contribution in [0.3, 0.4) is 0 Å². The molecular formula is C22H22F3N2O3-. The quantitative estimate of drug-likeness (QED) is 0.660. The highest BCUT2D eigenvalue weighted by Crippen LogP contribution is 2.52. The summed E-state index contributed by atoms with van der Waals surface area (Å²) in [6.07, 6.45) is -4.67. The summed E-state index contributed by atoms with van der Waals surface area (Å²) < 4.78 is 51.8. The van der Waals surface area contributed by atoms with Crippen LogP contribution in [0.15, 0.2) is 42.5 Å². The summed E-state index contributed by atoms with van der Waals surface area (Å²) in [7, 11) is 0. The predicted molar refractivity (Wildman–Crippen MR) is 103 cm³/mol. The largest absolute Gasteiger partial charge is 0.658 e. The standard InChI is InChI=1S/C22H22F3N2O3/c23-22(24,25)30-16-3-1-2-14(6-16)8-26-9-17-18-11-27(12-19(17)18)10-15-4-5-20-21(7-15)29-13-28-20/h1-7,17-19H,8-13H2/q-1. The molecule has 30 heavy (non-hydrogen) atoms. The van der Waals surface area contributed by atoms with Crippen molar-refractivity contribution < 1.29 is 27.4 Å². The van der Waals surface area contributed by atoms with Gasteiger partial charge in [0.05, 0.1) is 0 Å². The number of piperidine rings is 1. The minimum absolute atomic E-state index is 0.197. The maximum absolute atomic E-state index is 12.3. The third-order valence-electron chi connectivity index (χ3n) is 6.06. The Hall–Kier alpha value is -2.45. The highest BCUT2D eigenvalue weighted by molar-refractivity contribution is 5.44. The van der Waals surface area contributed by atoms with E-state index in [9.17, 15) is 13.2 Å². The van der Waals surface area contributed by atoms with Gasteiger partial charge in [0.1, 0.15) is 5.75 Å². The Morgan fingerprint density at radius 1 is 1.00 bits per heavy atom. The van der Waals surface area contributed by atoms with Crippen LogP contribution in [-0.4, -0.2) is 37.7 Å². The number of benzene rings is 2. The maximum atomic E-state index is 12.3. The van der Waals surface area contributed by atoms with Gasteiger partial charge in [-0.3, -0.25) is 4.90 Å². The van der Waals surface area contributed by atoms with Crippen molar-refractivity contribution in [3.05, 3.63) is 58.9 Å². The van der Waals surface area contributed by atoms with E-state index < -0.39 is 6.36 Å². The average Bonchev–Trinajstić information content (AvgIpc) is 3.04. The van der Waals surface area contributed by atoms with Crippen molar-refractivity contribution in [3.63, 3.8) is 0 Å². The first-order chi connectivity index (χ1) is 14.4. The van der Waals surface area contributed by atoms with Gasteiger partial charge in [-0.05, 0) is 41.7 Å². The number of alkyl halides is 3. The van der Waals surface area contributed by atoms with E-state index in [1.807, 2.05) is 6.07 Å². The zero-order valence-electron chi connectivity index (χ0n) is 16.3. The fraction of sp³-hybridized carbons (Fsp3) is 0.455. The fourth-order valence-corrected chi connectivity index (χ4v) is 4.62. The minimum Gasteiger partial charge on any atom is -0.658 e. The molecule has 3 aliphatic rings. The SMILES string of the molecule is FC(F)(F)Oc1cccc(C[N-]CC2C3CN(Cc4ccc5c(c4)OCO5)CC23)c1. The molecule has 2 heterocycles. The molecule has 160 valence electrons. The van der Waals surface area contributed by atoms with Crippen molar-refractivity contribution in [2.24, 2.45) is 17.8 Å². The van der Waals surface area contributed by atoms with Crippen molar-refractivity contribution >= 4 is 0 Å². The Morgan fingerprint density at radius 3 is 2.60 bits per heavy atom. The van der Waals surface area contributed by atoms with Crippen LogP contribution in [0.1, 0.15) is 11.1 Å². The molecular weight excluding hydrogens is 397 g/mol. The normalized spacial score (nSPS) is 24.7. The number of ether oxygens (including phenoxy) is 3. The highest BCUT2D eigenvalue weighted by Gasteiger charge is 2.52. The first-order valence-electron chi connectivity index (χ1n) is 10.0. The van der Waals surface area contributed by atoms with E-state index in [0.717, 1.165) is 43.2 Å². The van der Waals surface area contributed by atoms with E-state index in [2.05, 4.69) is 27.1 Å². The van der Waals surface area contributed by atoms with E-state index in [1.54, 1.807) is 12.1 Å². The minimum atomic E-state index is -4.67. The number of rotatable bonds is 7. The molecule has 8 heteroatoms. The molecule has 1 saturated carbocycles. The van der Waals surface area contributed by atoms with Gasteiger partial charge >= 0.3 is 6.36 Å². The third kappa shape index (κ3) is 4.34. The van der Waals surface area contributed by atoms with Crippen LogP contribution in [-0.2, 0) is 13.1 Å². The number of likely N-dealkylation sites (tertiary alicyclic amines) is 1. The van der Waals surface area contributed by atoms with Crippen LogP contribution >= 0.6 is 0 Å². The van der Waals surface area contributed by atoms with Crippen molar-refractivity contribution in [1.82, 2.24) is 4.90 Å². The van der Waals surface area contributed by atoms with Crippen LogP contribution in [0.4, 0.5) is 13.2 Å². The summed E-state index contributed by atoms with van der Waals surface area (Å²) >= 11 is 0. The second kappa shape index (κ2) is 7.67. The van der Waals surface area contributed by atoms with Gasteiger partial charge in [-0.25, -0.2) is 0 Å². The zero-order chi connectivity index (χ0) is 20.7. The van der Waals surface area contributed by atoms with Crippen LogP contribution in [0.25, 0.3) is 5.32 Å². The Labute approximate surface area is 172 Å². The summed E-state index contributed by atoms with van der Waals surface area (Å²) in [4.78, 5) is 2.46. The molecule has 1 aliphatic carbocycles. The summed E-state index contributed by atoms with van der Waals surface area (Å²) in [5, 5.41) is 4.59. The molecule has 0 N–H and O–H groups in total. The van der Waals surface area contributed by atoms with Crippen LogP contribution < -0.4 is 14.2 Å². The van der Waals surface area contributed by atoms with Gasteiger partial charge in [0.2, 0.25) is 6.79 Å². The van der Waals surface area contributed by atoms with Crippen LogP contribution in [0.5, 0.6) is 17.2 Å². The molecule has 2 atom stereocenters. The molecule has 1 saturated heterocycles. The Kier molecular flexibility index (Phi) is 4.99. The lowest BCUT2D eigenvalue weighted by molar-refractivity contribution is -0.274. The average molecular weight is 419 g/mol. The van der Waals surface area contributed by atoms with E-state index >= 15 is 0 Å². The molecule has 2 unspecified atom stereocenters. The number of fused-ring (bicyclic) bond motifs is 2. The topological polar surface area (TPSA) is 45.0 Å². The van der Waals surface area contributed by atoms with Crippen LogP contribution in [0, 0.1) is 17.8 Å². The molecule has 2 aliphatic heterocycles. The zero-order valence-corrected chi connectivity index (χ0v) is 16.3. The van der Waals surface area contributed by atoms with Gasteiger partial charge in [-0.2, -0.15) is 0 Å². The molecule has 2 aromatic rings. The Morgan fingerprint density at radius 2 is 1.80 bits per heavy atom. The number of nitrogens with zero attached hydrogens (tertiary/aromatic N) is 2. The number of halogens is 3. The first kappa shape index (κ1) is 19.5. The summed E-state index contributed by atoms with van der Waals surface area (Å²) in [6.45, 7) is 4.49. The molecule has 0 spiro atoms. The molecule has 0 amide bonds. The van der Waals surface area contributed by atoms with Crippen molar-refractivity contribution in [1.29, 1.82) is 0 Å². The number of hydrogen-bond donors (Lipinski definition) is 0. The summed E-state index contributed by atoms with van der Waals surface area (Å²) in [6, 6.07) is 12.1. The van der Waals surface area contributed by atoms with Gasteiger partial charge < -0.3 is 19.5 Å². The van der Waals surface area contributed by atoms with Crippen molar-refractivity contribution in [2.75, 3.05) is 26.4 Å². The molecule has 2 fully saturated rings. The van der Waals surface area contributed by atoms with Gasteiger partial charge in [-0.15, -0.1) is 26.3 Å². The first-order valence-corrected chi connectivity index (χ1v) is 10.0. The highest BCUT2D eigenvalue weighted by atomic mass is 19.4. The molecule has 5 rings (SSSR count). The maximum Gasteiger partial charge on any atom is 0.573 e. The van der Waals surface area contributed by atoms with Gasteiger partial charge in [-0.1, -0.05) is 29.7 Å². The van der Waals surface area contributed by atoms with Gasteiger partial charge in [0.25, 0.3) is 0 Å². The van der Waals surface area contributed by atoms with Gasteiger partial charge in [0.15, 0.2) is 11.5 Å². The molecule has 5 nitrogen and oxygen atoms in total. The second-order valence-electron chi connectivity index (χ2n) is 8.13. The lowest BCUT2D eigenvalue weighted by Gasteiger charge is -2.24. The van der Waals surface area contributed by atoms with Gasteiger partial charge in [0, 0.05) is 19.6 Å². The summed E-state index contributed by atoms with van der Waals surface area (Å²) in [5.41, 5.74) is 1.95. The second-order valence-corrected chi connectivity index (χ2v) is 8.13. The monoisotopic (exact) mass is 419 g/mol. The van der Waals surface area contributed by atoms with Crippen molar-refractivity contribution in [2.45, 2.75) is 19.5 Å². The van der Waals surface area contributed by atoms with E-state index in [4.69, 9.17) is 9.47 Å². The van der Waals surface area contributed by atoms with E-state index in [0.29, 0.717) is 24.3 Å². The van der Waals surface area contributed by atoms with E-state index in [1.165, 1.54) is 17.7 Å². The molecule has 2 aromatic carbocycles.